The van der Waals surface area contributed by atoms with E-state index in [2.05, 4.69) is 12.2 Å². The Morgan fingerprint density at radius 3 is 2.61 bits per heavy atom. The third-order valence-electron chi connectivity index (χ3n) is 5.22. The molecule has 0 saturated heterocycles. The molecule has 0 radical (unpaired) electrons. The molecule has 3 fully saturated rings. The highest BCUT2D eigenvalue weighted by Crippen LogP contribution is 2.61. The number of hydrogen-bond acceptors (Lipinski definition) is 2. The van der Waals surface area contributed by atoms with Crippen LogP contribution in [0.1, 0.15) is 58.3 Å². The molecule has 0 aromatic carbocycles. The largest absolute Gasteiger partial charge is 0.381 e. The summed E-state index contributed by atoms with van der Waals surface area (Å²) in [5, 5.41) is 3.78. The SMILES string of the molecule is CCCCOCCC1(CNC2CC2)CC2CC2C1. The van der Waals surface area contributed by atoms with Crippen LogP contribution in [-0.2, 0) is 4.74 Å². The van der Waals surface area contributed by atoms with Crippen molar-refractivity contribution in [2.75, 3.05) is 19.8 Å². The molecule has 0 spiro atoms. The highest BCUT2D eigenvalue weighted by Gasteiger charge is 2.53. The third-order valence-corrected chi connectivity index (χ3v) is 5.22. The summed E-state index contributed by atoms with van der Waals surface area (Å²) in [4.78, 5) is 0. The van der Waals surface area contributed by atoms with Gasteiger partial charge in [-0.15, -0.1) is 0 Å². The molecular formula is C16H29NO. The molecule has 2 atom stereocenters. The van der Waals surface area contributed by atoms with Crippen LogP contribution < -0.4 is 5.32 Å². The van der Waals surface area contributed by atoms with Gasteiger partial charge in [0.15, 0.2) is 0 Å². The predicted octanol–water partition coefficient (Wildman–Crippen LogP) is 3.36. The van der Waals surface area contributed by atoms with E-state index in [1.54, 1.807) is 0 Å². The standard InChI is InChI=1S/C16H29NO/c1-2-3-7-18-8-6-16(12-17-15-4-5-15)10-13-9-14(13)11-16/h13-15,17H,2-12H2,1H3. The van der Waals surface area contributed by atoms with Gasteiger partial charge in [-0.25, -0.2) is 0 Å². The predicted molar refractivity (Wildman–Crippen MR) is 74.6 cm³/mol. The minimum absolute atomic E-state index is 0.600. The average Bonchev–Trinajstić information content (AvgIpc) is 3.28. The van der Waals surface area contributed by atoms with Crippen LogP contribution in [-0.4, -0.2) is 25.8 Å². The lowest BCUT2D eigenvalue weighted by molar-refractivity contribution is 0.0869. The molecule has 3 aliphatic carbocycles. The third kappa shape index (κ3) is 3.27. The van der Waals surface area contributed by atoms with Crippen LogP contribution in [0.3, 0.4) is 0 Å². The lowest BCUT2D eigenvalue weighted by Gasteiger charge is -2.31. The van der Waals surface area contributed by atoms with Crippen LogP contribution in [0, 0.1) is 17.3 Å². The summed E-state index contributed by atoms with van der Waals surface area (Å²) in [5.74, 6) is 2.17. The van der Waals surface area contributed by atoms with Crippen molar-refractivity contribution in [3.63, 3.8) is 0 Å². The fourth-order valence-corrected chi connectivity index (χ4v) is 3.73. The second-order valence-corrected chi connectivity index (χ2v) is 7.04. The first kappa shape index (κ1) is 12.9. The van der Waals surface area contributed by atoms with Crippen molar-refractivity contribution >= 4 is 0 Å². The van der Waals surface area contributed by atoms with Gasteiger partial charge in [-0.1, -0.05) is 13.3 Å². The Morgan fingerprint density at radius 2 is 1.94 bits per heavy atom. The normalized spacial score (nSPS) is 37.8. The lowest BCUT2D eigenvalue weighted by Crippen LogP contribution is -2.35. The molecule has 104 valence electrons. The van der Waals surface area contributed by atoms with Gasteiger partial charge in [0, 0.05) is 25.8 Å². The van der Waals surface area contributed by atoms with Gasteiger partial charge in [0.05, 0.1) is 0 Å². The summed E-state index contributed by atoms with van der Waals surface area (Å²) in [5.41, 5.74) is 0.600. The van der Waals surface area contributed by atoms with Crippen molar-refractivity contribution < 1.29 is 4.74 Å². The fourth-order valence-electron chi connectivity index (χ4n) is 3.73. The van der Waals surface area contributed by atoms with Gasteiger partial charge in [0.25, 0.3) is 0 Å². The Kier molecular flexibility index (Phi) is 3.95. The zero-order valence-electron chi connectivity index (χ0n) is 11.9. The van der Waals surface area contributed by atoms with Crippen molar-refractivity contribution in [3.8, 4) is 0 Å². The van der Waals surface area contributed by atoms with Crippen LogP contribution >= 0.6 is 0 Å². The Bertz CT molecular complexity index is 264. The molecule has 0 aromatic rings. The van der Waals surface area contributed by atoms with E-state index in [9.17, 15) is 0 Å². The van der Waals surface area contributed by atoms with Gasteiger partial charge in [-0.3, -0.25) is 0 Å². The molecule has 2 nitrogen and oxygen atoms in total. The van der Waals surface area contributed by atoms with E-state index < -0.39 is 0 Å². The molecule has 3 aliphatic rings. The molecule has 2 unspecified atom stereocenters. The van der Waals surface area contributed by atoms with Crippen molar-refractivity contribution in [3.05, 3.63) is 0 Å². The summed E-state index contributed by atoms with van der Waals surface area (Å²) >= 11 is 0. The van der Waals surface area contributed by atoms with Crippen LogP contribution in [0.5, 0.6) is 0 Å². The summed E-state index contributed by atoms with van der Waals surface area (Å²) in [7, 11) is 0. The van der Waals surface area contributed by atoms with Crippen molar-refractivity contribution in [1.29, 1.82) is 0 Å². The molecule has 3 saturated carbocycles. The molecule has 0 aromatic heterocycles. The number of rotatable bonds is 9. The van der Waals surface area contributed by atoms with E-state index in [0.717, 1.165) is 31.1 Å². The monoisotopic (exact) mass is 251 g/mol. The second-order valence-electron chi connectivity index (χ2n) is 7.04. The van der Waals surface area contributed by atoms with Gasteiger partial charge >= 0.3 is 0 Å². The van der Waals surface area contributed by atoms with Crippen LogP contribution in [0.2, 0.25) is 0 Å². The van der Waals surface area contributed by atoms with Gasteiger partial charge in [-0.2, -0.15) is 0 Å². The highest BCUT2D eigenvalue weighted by atomic mass is 16.5. The van der Waals surface area contributed by atoms with E-state index in [0.29, 0.717) is 5.41 Å². The molecular weight excluding hydrogens is 222 g/mol. The first-order valence-electron chi connectivity index (χ1n) is 8.12. The van der Waals surface area contributed by atoms with E-state index in [1.165, 1.54) is 57.9 Å². The zero-order chi connectivity index (χ0) is 12.4. The maximum atomic E-state index is 5.81. The number of unbranched alkanes of at least 4 members (excludes halogenated alkanes) is 1. The van der Waals surface area contributed by atoms with Crippen LogP contribution in [0.4, 0.5) is 0 Å². The minimum Gasteiger partial charge on any atom is -0.381 e. The minimum atomic E-state index is 0.600. The summed E-state index contributed by atoms with van der Waals surface area (Å²) in [6, 6.07) is 0.861. The number of hydrogen-bond donors (Lipinski definition) is 1. The Morgan fingerprint density at radius 1 is 1.17 bits per heavy atom. The molecule has 2 heteroatoms. The van der Waals surface area contributed by atoms with E-state index in [1.807, 2.05) is 0 Å². The number of ether oxygens (including phenoxy) is 1. The van der Waals surface area contributed by atoms with Gasteiger partial charge < -0.3 is 10.1 Å². The van der Waals surface area contributed by atoms with E-state index >= 15 is 0 Å². The average molecular weight is 251 g/mol. The van der Waals surface area contributed by atoms with Gasteiger partial charge in [-0.05, 0) is 62.2 Å². The van der Waals surface area contributed by atoms with Gasteiger partial charge in [0.2, 0.25) is 0 Å². The zero-order valence-corrected chi connectivity index (χ0v) is 11.9. The summed E-state index contributed by atoms with van der Waals surface area (Å²) < 4.78 is 5.81. The summed E-state index contributed by atoms with van der Waals surface area (Å²) in [6.07, 6.45) is 11.1. The Balaban J connectivity index is 1.40. The first-order chi connectivity index (χ1) is 8.81. The molecule has 0 amide bonds. The van der Waals surface area contributed by atoms with E-state index in [-0.39, 0.29) is 0 Å². The molecule has 18 heavy (non-hydrogen) atoms. The molecule has 3 rings (SSSR count). The quantitative estimate of drug-likeness (QED) is 0.634. The molecule has 0 bridgehead atoms. The lowest BCUT2D eigenvalue weighted by atomic mass is 9.80. The number of fused-ring (bicyclic) bond motifs is 1. The fraction of sp³-hybridized carbons (Fsp3) is 1.00. The first-order valence-corrected chi connectivity index (χ1v) is 8.12. The second kappa shape index (κ2) is 5.50. The highest BCUT2D eigenvalue weighted by molar-refractivity contribution is 5.04. The Hall–Kier alpha value is -0.0800. The molecule has 1 N–H and O–H groups in total. The summed E-state index contributed by atoms with van der Waals surface area (Å²) in [6.45, 7) is 5.46. The maximum absolute atomic E-state index is 5.81. The van der Waals surface area contributed by atoms with E-state index in [4.69, 9.17) is 4.74 Å². The van der Waals surface area contributed by atoms with Crippen molar-refractivity contribution in [2.24, 2.45) is 17.3 Å². The number of nitrogens with one attached hydrogen (secondary N) is 1. The van der Waals surface area contributed by atoms with Gasteiger partial charge in [0.1, 0.15) is 0 Å². The smallest absolute Gasteiger partial charge is 0.0471 e. The van der Waals surface area contributed by atoms with Crippen LogP contribution in [0.25, 0.3) is 0 Å². The topological polar surface area (TPSA) is 21.3 Å². The molecule has 0 aliphatic heterocycles. The maximum Gasteiger partial charge on any atom is 0.0471 e. The Labute approximate surface area is 112 Å². The molecule has 0 heterocycles. The van der Waals surface area contributed by atoms with Crippen molar-refractivity contribution in [2.45, 2.75) is 64.3 Å². The van der Waals surface area contributed by atoms with Crippen molar-refractivity contribution in [1.82, 2.24) is 5.32 Å². The van der Waals surface area contributed by atoms with Crippen LogP contribution in [0.15, 0.2) is 0 Å².